The van der Waals surface area contributed by atoms with Crippen LogP contribution in [0.1, 0.15) is 29.0 Å². The lowest BCUT2D eigenvalue weighted by Crippen LogP contribution is -2.03. The summed E-state index contributed by atoms with van der Waals surface area (Å²) in [5, 5.41) is 0. The Morgan fingerprint density at radius 1 is 0.640 bits per heavy atom. The molecule has 25 heavy (non-hydrogen) atoms. The molecule has 1 aliphatic rings. The van der Waals surface area contributed by atoms with E-state index in [0.29, 0.717) is 5.92 Å². The van der Waals surface area contributed by atoms with E-state index < -0.39 is 0 Å². The molecule has 0 atom stereocenters. The van der Waals surface area contributed by atoms with Crippen molar-refractivity contribution in [3.63, 3.8) is 0 Å². The highest BCUT2D eigenvalue weighted by atomic mass is 14.2. The van der Waals surface area contributed by atoms with Crippen LogP contribution in [-0.4, -0.2) is 0 Å². The van der Waals surface area contributed by atoms with Crippen molar-refractivity contribution in [1.82, 2.24) is 0 Å². The van der Waals surface area contributed by atoms with Crippen molar-refractivity contribution < 1.29 is 0 Å². The molecule has 0 bridgehead atoms. The predicted molar refractivity (Wildman–Crippen MR) is 106 cm³/mol. The van der Waals surface area contributed by atoms with Crippen LogP contribution in [0.5, 0.6) is 0 Å². The van der Waals surface area contributed by atoms with Crippen LogP contribution in [-0.2, 0) is 6.42 Å². The predicted octanol–water partition coefficient (Wildman–Crippen LogP) is 6.32. The third-order valence-electron chi connectivity index (χ3n) is 4.86. The summed E-state index contributed by atoms with van der Waals surface area (Å²) in [6, 6.07) is 32.4. The molecule has 3 aromatic rings. The second kappa shape index (κ2) is 7.36. The Balaban J connectivity index is 1.64. The molecular formula is C25H22. The zero-order valence-electron chi connectivity index (χ0n) is 14.3. The summed E-state index contributed by atoms with van der Waals surface area (Å²) in [5.74, 6) is 0.340. The topological polar surface area (TPSA) is 0 Å². The smallest absolute Gasteiger partial charge is 0.0305 e. The van der Waals surface area contributed by atoms with Crippen LogP contribution in [0.2, 0.25) is 0 Å². The number of allylic oxidation sites excluding steroid dienone is 4. The monoisotopic (exact) mass is 322 g/mol. The fraction of sp³-hybridized carbons (Fsp3) is 0.120. The largest absolute Gasteiger partial charge is 0.0769 e. The molecule has 0 unspecified atom stereocenters. The van der Waals surface area contributed by atoms with Gasteiger partial charge in [0.05, 0.1) is 0 Å². The maximum Gasteiger partial charge on any atom is 0.0305 e. The highest BCUT2D eigenvalue weighted by molar-refractivity contribution is 5.47. The van der Waals surface area contributed by atoms with Gasteiger partial charge in [0.2, 0.25) is 0 Å². The summed E-state index contributed by atoms with van der Waals surface area (Å²) in [6.45, 7) is 0. The Morgan fingerprint density at radius 2 is 1.16 bits per heavy atom. The van der Waals surface area contributed by atoms with Crippen LogP contribution >= 0.6 is 0 Å². The molecule has 0 saturated heterocycles. The first-order valence-corrected chi connectivity index (χ1v) is 8.93. The molecule has 0 heteroatoms. The van der Waals surface area contributed by atoms with Crippen molar-refractivity contribution in [1.29, 1.82) is 0 Å². The van der Waals surface area contributed by atoms with Crippen molar-refractivity contribution in [2.24, 2.45) is 0 Å². The molecule has 0 amide bonds. The van der Waals surface area contributed by atoms with E-state index in [1.165, 1.54) is 27.8 Å². The van der Waals surface area contributed by atoms with Crippen LogP contribution in [0, 0.1) is 0 Å². The van der Waals surface area contributed by atoms with Crippen LogP contribution in [0.4, 0.5) is 0 Å². The average molecular weight is 322 g/mol. The summed E-state index contributed by atoms with van der Waals surface area (Å²) in [5.41, 5.74) is 7.03. The summed E-state index contributed by atoms with van der Waals surface area (Å²) in [4.78, 5) is 0. The van der Waals surface area contributed by atoms with Crippen molar-refractivity contribution in [2.75, 3.05) is 0 Å². The lowest BCUT2D eigenvalue weighted by Gasteiger charge is -2.19. The first-order valence-electron chi connectivity index (χ1n) is 8.93. The maximum atomic E-state index is 2.41. The van der Waals surface area contributed by atoms with Crippen LogP contribution in [0.3, 0.4) is 0 Å². The number of benzene rings is 3. The normalized spacial score (nSPS) is 13.6. The molecule has 0 heterocycles. The Morgan fingerprint density at radius 3 is 1.72 bits per heavy atom. The van der Waals surface area contributed by atoms with Gasteiger partial charge in [0.25, 0.3) is 0 Å². The SMILES string of the molecule is C1=C(Cc2ccccc2)C=C(C(c2ccccc2)c2ccccc2)C1. The highest BCUT2D eigenvalue weighted by Gasteiger charge is 2.21. The van der Waals surface area contributed by atoms with Crippen LogP contribution < -0.4 is 0 Å². The fourth-order valence-corrected chi connectivity index (χ4v) is 3.67. The molecule has 0 fully saturated rings. The van der Waals surface area contributed by atoms with Gasteiger partial charge in [-0.25, -0.2) is 0 Å². The van der Waals surface area contributed by atoms with Gasteiger partial charge in [-0.15, -0.1) is 0 Å². The molecule has 122 valence electrons. The molecule has 3 aromatic carbocycles. The lowest BCUT2D eigenvalue weighted by molar-refractivity contribution is 0.919. The van der Waals surface area contributed by atoms with E-state index >= 15 is 0 Å². The molecule has 0 saturated carbocycles. The summed E-state index contributed by atoms with van der Waals surface area (Å²) < 4.78 is 0. The van der Waals surface area contributed by atoms with Crippen LogP contribution in [0.15, 0.2) is 114 Å². The van der Waals surface area contributed by atoms with E-state index in [1.54, 1.807) is 0 Å². The maximum absolute atomic E-state index is 2.41. The Labute approximate surface area is 150 Å². The van der Waals surface area contributed by atoms with E-state index in [4.69, 9.17) is 0 Å². The molecule has 0 radical (unpaired) electrons. The van der Waals surface area contributed by atoms with Gasteiger partial charge < -0.3 is 0 Å². The molecule has 0 aromatic heterocycles. The first kappa shape index (κ1) is 15.7. The van der Waals surface area contributed by atoms with Gasteiger partial charge in [0, 0.05) is 5.92 Å². The zero-order valence-corrected chi connectivity index (χ0v) is 14.3. The second-order valence-corrected chi connectivity index (χ2v) is 6.62. The molecular weight excluding hydrogens is 300 g/mol. The Hall–Kier alpha value is -2.86. The minimum Gasteiger partial charge on any atom is -0.0769 e. The van der Waals surface area contributed by atoms with Gasteiger partial charge in [-0.3, -0.25) is 0 Å². The summed E-state index contributed by atoms with van der Waals surface area (Å²) in [6.07, 6.45) is 6.86. The van der Waals surface area contributed by atoms with E-state index in [0.717, 1.165) is 12.8 Å². The summed E-state index contributed by atoms with van der Waals surface area (Å²) in [7, 11) is 0. The molecule has 0 aliphatic heterocycles. The van der Waals surface area contributed by atoms with Gasteiger partial charge >= 0.3 is 0 Å². The molecule has 0 spiro atoms. The first-order chi connectivity index (χ1) is 12.4. The van der Waals surface area contributed by atoms with Gasteiger partial charge in [0.1, 0.15) is 0 Å². The third-order valence-corrected chi connectivity index (χ3v) is 4.86. The number of hydrogen-bond acceptors (Lipinski definition) is 0. The van der Waals surface area contributed by atoms with Crippen molar-refractivity contribution >= 4 is 0 Å². The standard InChI is InChI=1S/C25H22/c1-4-10-20(11-5-1)18-21-16-17-24(19-21)25(22-12-6-2-7-13-22)23-14-8-3-9-15-23/h1-16,19,25H,17-18H2. The third kappa shape index (κ3) is 3.64. The van der Waals surface area contributed by atoms with Gasteiger partial charge in [0.15, 0.2) is 0 Å². The Bertz CT molecular complexity index is 832. The van der Waals surface area contributed by atoms with E-state index in [-0.39, 0.29) is 0 Å². The van der Waals surface area contributed by atoms with Gasteiger partial charge in [-0.05, 0) is 35.1 Å². The van der Waals surface area contributed by atoms with Crippen molar-refractivity contribution in [3.8, 4) is 0 Å². The second-order valence-electron chi connectivity index (χ2n) is 6.62. The van der Waals surface area contributed by atoms with Crippen LogP contribution in [0.25, 0.3) is 0 Å². The van der Waals surface area contributed by atoms with E-state index in [1.807, 2.05) is 0 Å². The number of hydrogen-bond donors (Lipinski definition) is 0. The average Bonchev–Trinajstić information content (AvgIpc) is 3.12. The lowest BCUT2D eigenvalue weighted by atomic mass is 9.84. The zero-order chi connectivity index (χ0) is 16.9. The highest BCUT2D eigenvalue weighted by Crippen LogP contribution is 2.37. The Kier molecular flexibility index (Phi) is 4.61. The van der Waals surface area contributed by atoms with E-state index in [9.17, 15) is 0 Å². The summed E-state index contributed by atoms with van der Waals surface area (Å²) >= 11 is 0. The fourth-order valence-electron chi connectivity index (χ4n) is 3.67. The van der Waals surface area contributed by atoms with Crippen molar-refractivity contribution in [2.45, 2.75) is 18.8 Å². The molecule has 1 aliphatic carbocycles. The van der Waals surface area contributed by atoms with Gasteiger partial charge in [-0.1, -0.05) is 109 Å². The number of rotatable bonds is 5. The van der Waals surface area contributed by atoms with E-state index in [2.05, 4.69) is 103 Å². The van der Waals surface area contributed by atoms with Crippen molar-refractivity contribution in [3.05, 3.63) is 131 Å². The molecule has 0 nitrogen and oxygen atoms in total. The quantitative estimate of drug-likeness (QED) is 0.516. The molecule has 0 N–H and O–H groups in total. The molecule has 4 rings (SSSR count). The minimum atomic E-state index is 0.340. The van der Waals surface area contributed by atoms with Gasteiger partial charge in [-0.2, -0.15) is 0 Å². The minimum absolute atomic E-state index is 0.340.